The molecule has 0 spiro atoms. The maximum atomic E-state index is 12.3. The van der Waals surface area contributed by atoms with Crippen LogP contribution in [0.4, 0.5) is 0 Å². The number of carbonyl (C=O) groups is 4. The fraction of sp³-hybridized carbons (Fsp3) is 0.450. The summed E-state index contributed by atoms with van der Waals surface area (Å²) < 4.78 is 0. The van der Waals surface area contributed by atoms with E-state index < -0.39 is 41.8 Å². The summed E-state index contributed by atoms with van der Waals surface area (Å²) in [6.45, 7) is 0. The van der Waals surface area contributed by atoms with Crippen molar-refractivity contribution in [3.63, 3.8) is 0 Å². The monoisotopic (exact) mass is 400 g/mol. The number of rotatable bonds is 10. The lowest BCUT2D eigenvalue weighted by Crippen LogP contribution is -2.63. The summed E-state index contributed by atoms with van der Waals surface area (Å²) in [5.41, 5.74) is 0.893. The van der Waals surface area contributed by atoms with Gasteiger partial charge in [0.15, 0.2) is 0 Å². The second-order valence-corrected chi connectivity index (χ2v) is 6.88. The SMILES string of the molecule is N#CCCCC[C@H](NC(=O)C[C@@H]1NC(=O)[C@H](Cc2ccccc2)NC1=O)C(=O)O. The number of hydrogen-bond donors (Lipinski definition) is 4. The Kier molecular flexibility index (Phi) is 8.15. The lowest BCUT2D eigenvalue weighted by Gasteiger charge is -2.29. The van der Waals surface area contributed by atoms with Crippen LogP contribution in [-0.2, 0) is 25.6 Å². The van der Waals surface area contributed by atoms with E-state index in [1.807, 2.05) is 36.4 Å². The summed E-state index contributed by atoms with van der Waals surface area (Å²) in [5, 5.41) is 25.3. The first-order valence-corrected chi connectivity index (χ1v) is 9.44. The average Bonchev–Trinajstić information content (AvgIpc) is 2.68. The Hall–Kier alpha value is -3.41. The Morgan fingerprint density at radius 1 is 1.10 bits per heavy atom. The summed E-state index contributed by atoms with van der Waals surface area (Å²) in [5.74, 6) is -2.70. The van der Waals surface area contributed by atoms with Crippen LogP contribution in [0.3, 0.4) is 0 Å². The van der Waals surface area contributed by atoms with Crippen molar-refractivity contribution in [2.75, 3.05) is 0 Å². The van der Waals surface area contributed by atoms with Crippen LogP contribution >= 0.6 is 0 Å². The maximum absolute atomic E-state index is 12.3. The molecule has 0 aromatic heterocycles. The minimum Gasteiger partial charge on any atom is -0.480 e. The number of aliphatic carboxylic acids is 1. The summed E-state index contributed by atoms with van der Waals surface area (Å²) in [6, 6.07) is 8.32. The number of nitrogens with zero attached hydrogens (tertiary/aromatic N) is 1. The third kappa shape index (κ3) is 6.92. The molecule has 4 N–H and O–H groups in total. The molecule has 1 aliphatic heterocycles. The summed E-state index contributed by atoms with van der Waals surface area (Å²) in [6.07, 6.45) is 1.51. The normalized spacial score (nSPS) is 19.4. The number of unbranched alkanes of at least 4 members (excludes halogenated alkanes) is 2. The molecule has 0 radical (unpaired) electrons. The highest BCUT2D eigenvalue weighted by molar-refractivity contribution is 5.99. The van der Waals surface area contributed by atoms with Gasteiger partial charge in [-0.3, -0.25) is 14.4 Å². The van der Waals surface area contributed by atoms with Crippen molar-refractivity contribution in [1.29, 1.82) is 5.26 Å². The van der Waals surface area contributed by atoms with Crippen LogP contribution in [-0.4, -0.2) is 46.9 Å². The van der Waals surface area contributed by atoms with Crippen molar-refractivity contribution in [2.24, 2.45) is 0 Å². The molecule has 154 valence electrons. The number of amides is 3. The third-order valence-electron chi connectivity index (χ3n) is 4.60. The van der Waals surface area contributed by atoms with Crippen LogP contribution in [0.25, 0.3) is 0 Å². The lowest BCUT2D eigenvalue weighted by atomic mass is 10.0. The van der Waals surface area contributed by atoms with Crippen molar-refractivity contribution in [3.05, 3.63) is 35.9 Å². The second kappa shape index (κ2) is 10.8. The summed E-state index contributed by atoms with van der Waals surface area (Å²) >= 11 is 0. The van der Waals surface area contributed by atoms with Crippen LogP contribution < -0.4 is 16.0 Å². The van der Waals surface area contributed by atoms with Crippen LogP contribution in [0.5, 0.6) is 0 Å². The van der Waals surface area contributed by atoms with Crippen molar-refractivity contribution >= 4 is 23.7 Å². The van der Waals surface area contributed by atoms with E-state index in [0.717, 1.165) is 5.56 Å². The first kappa shape index (κ1) is 21.9. The fourth-order valence-corrected chi connectivity index (χ4v) is 3.06. The molecule has 9 heteroatoms. The fourth-order valence-electron chi connectivity index (χ4n) is 3.06. The Morgan fingerprint density at radius 3 is 2.41 bits per heavy atom. The smallest absolute Gasteiger partial charge is 0.326 e. The molecule has 0 saturated carbocycles. The van der Waals surface area contributed by atoms with Crippen molar-refractivity contribution in [1.82, 2.24) is 16.0 Å². The number of piperazine rings is 1. The minimum absolute atomic E-state index is 0.186. The number of carboxylic acids is 1. The van der Waals surface area contributed by atoms with E-state index in [9.17, 15) is 24.3 Å². The van der Waals surface area contributed by atoms with Gasteiger partial charge in [0.05, 0.1) is 12.5 Å². The first-order valence-electron chi connectivity index (χ1n) is 9.44. The molecule has 2 rings (SSSR count). The zero-order chi connectivity index (χ0) is 21.2. The number of nitrogens with one attached hydrogen (secondary N) is 3. The summed E-state index contributed by atoms with van der Waals surface area (Å²) in [7, 11) is 0. The molecule has 1 fully saturated rings. The van der Waals surface area contributed by atoms with Crippen molar-refractivity contribution < 1.29 is 24.3 Å². The van der Waals surface area contributed by atoms with Gasteiger partial charge in [-0.1, -0.05) is 30.3 Å². The van der Waals surface area contributed by atoms with E-state index in [-0.39, 0.29) is 12.8 Å². The van der Waals surface area contributed by atoms with Gasteiger partial charge in [0, 0.05) is 12.8 Å². The van der Waals surface area contributed by atoms with Gasteiger partial charge >= 0.3 is 5.97 Å². The molecule has 0 bridgehead atoms. The van der Waals surface area contributed by atoms with E-state index in [4.69, 9.17) is 5.26 Å². The molecule has 0 unspecified atom stereocenters. The lowest BCUT2D eigenvalue weighted by molar-refractivity contribution is -0.143. The van der Waals surface area contributed by atoms with E-state index >= 15 is 0 Å². The van der Waals surface area contributed by atoms with E-state index in [2.05, 4.69) is 16.0 Å². The van der Waals surface area contributed by atoms with Gasteiger partial charge in [-0.15, -0.1) is 0 Å². The average molecular weight is 400 g/mol. The molecule has 29 heavy (non-hydrogen) atoms. The van der Waals surface area contributed by atoms with Crippen LogP contribution in [0.1, 0.15) is 37.7 Å². The summed E-state index contributed by atoms with van der Waals surface area (Å²) in [4.78, 5) is 48.1. The zero-order valence-electron chi connectivity index (χ0n) is 15.9. The van der Waals surface area contributed by atoms with Gasteiger partial charge in [-0.25, -0.2) is 4.79 Å². The molecular weight excluding hydrogens is 376 g/mol. The van der Waals surface area contributed by atoms with Gasteiger partial charge in [-0.2, -0.15) is 5.26 Å². The molecule has 1 aromatic rings. The van der Waals surface area contributed by atoms with Gasteiger partial charge in [0.25, 0.3) is 0 Å². The molecule has 1 saturated heterocycles. The van der Waals surface area contributed by atoms with Gasteiger partial charge in [-0.05, 0) is 24.8 Å². The van der Waals surface area contributed by atoms with Crippen molar-refractivity contribution in [2.45, 2.75) is 56.7 Å². The topological polar surface area (TPSA) is 148 Å². The van der Waals surface area contributed by atoms with Crippen LogP contribution in [0.2, 0.25) is 0 Å². The quantitative estimate of drug-likeness (QED) is 0.414. The zero-order valence-corrected chi connectivity index (χ0v) is 15.9. The number of nitriles is 1. The van der Waals surface area contributed by atoms with E-state index in [1.165, 1.54) is 0 Å². The predicted molar refractivity (Wildman–Crippen MR) is 102 cm³/mol. The third-order valence-corrected chi connectivity index (χ3v) is 4.60. The Morgan fingerprint density at radius 2 is 1.76 bits per heavy atom. The van der Waals surface area contributed by atoms with Crippen molar-refractivity contribution in [3.8, 4) is 6.07 Å². The highest BCUT2D eigenvalue weighted by atomic mass is 16.4. The molecule has 9 nitrogen and oxygen atoms in total. The molecule has 3 amide bonds. The highest BCUT2D eigenvalue weighted by Crippen LogP contribution is 2.09. The highest BCUT2D eigenvalue weighted by Gasteiger charge is 2.35. The van der Waals surface area contributed by atoms with Crippen LogP contribution in [0.15, 0.2) is 30.3 Å². The Balaban J connectivity index is 1.85. The molecule has 3 atom stereocenters. The molecule has 1 heterocycles. The molecular formula is C20H24N4O5. The van der Waals surface area contributed by atoms with Gasteiger partial charge < -0.3 is 21.1 Å². The molecule has 0 aliphatic carbocycles. The Bertz CT molecular complexity index is 790. The first-order chi connectivity index (χ1) is 13.9. The maximum Gasteiger partial charge on any atom is 0.326 e. The number of hydrogen-bond acceptors (Lipinski definition) is 5. The van der Waals surface area contributed by atoms with Gasteiger partial charge in [0.1, 0.15) is 18.1 Å². The minimum atomic E-state index is -1.18. The standard InChI is InChI=1S/C20H24N4O5/c21-10-6-2-5-9-14(20(28)29)22-17(25)12-16-19(27)23-15(18(26)24-16)11-13-7-3-1-4-8-13/h1,3-4,7-8,14-16H,2,5-6,9,11-12H2,(H,22,25)(H,23,27)(H,24,26)(H,28,29)/t14-,15-,16-/m0/s1. The van der Waals surface area contributed by atoms with E-state index in [1.54, 1.807) is 0 Å². The second-order valence-electron chi connectivity index (χ2n) is 6.88. The van der Waals surface area contributed by atoms with Gasteiger partial charge in [0.2, 0.25) is 17.7 Å². The number of carboxylic acid groups (broad SMARTS) is 1. The molecule has 1 aromatic carbocycles. The van der Waals surface area contributed by atoms with Crippen LogP contribution in [0, 0.1) is 11.3 Å². The Labute approximate surface area is 168 Å². The van der Waals surface area contributed by atoms with E-state index in [0.29, 0.717) is 25.7 Å². The molecule has 1 aliphatic rings. The number of carbonyl (C=O) groups excluding carboxylic acids is 3. The predicted octanol–water partition coefficient (Wildman–Crippen LogP) is 0.256. The largest absolute Gasteiger partial charge is 0.480 e. The number of benzene rings is 1.